The minimum absolute atomic E-state index is 0.139. The van der Waals surface area contributed by atoms with Crippen molar-refractivity contribution in [1.29, 1.82) is 0 Å². The molecule has 0 amide bonds. The van der Waals surface area contributed by atoms with Gasteiger partial charge < -0.3 is 5.11 Å². The van der Waals surface area contributed by atoms with E-state index in [1.54, 1.807) is 0 Å². The Morgan fingerprint density at radius 1 is 0.950 bits per heavy atom. The number of hydrogen-bond acceptors (Lipinski definition) is 1. The standard InChI is InChI=1S/C14H9BrF4O/c15-14-7(2-1-3-9(14)16)4-13(20)8-5-11(18)12(19)6-10(8)17/h1-3,5-6,13,20H,4H2. The smallest absolute Gasteiger partial charge is 0.161 e. The van der Waals surface area contributed by atoms with Crippen LogP contribution in [0.25, 0.3) is 0 Å². The molecule has 2 aromatic rings. The average Bonchev–Trinajstić information content (AvgIpc) is 2.39. The fraction of sp³-hybridized carbons (Fsp3) is 0.143. The van der Waals surface area contributed by atoms with Gasteiger partial charge in [-0.15, -0.1) is 0 Å². The quantitative estimate of drug-likeness (QED) is 0.648. The second-order valence-electron chi connectivity index (χ2n) is 4.22. The van der Waals surface area contributed by atoms with Crippen LogP contribution in [-0.4, -0.2) is 5.11 Å². The van der Waals surface area contributed by atoms with Crippen LogP contribution in [0.4, 0.5) is 17.6 Å². The molecule has 0 bridgehead atoms. The van der Waals surface area contributed by atoms with E-state index in [1.165, 1.54) is 18.2 Å². The molecule has 1 N–H and O–H groups in total. The number of benzene rings is 2. The molecule has 2 aromatic carbocycles. The molecule has 0 spiro atoms. The summed E-state index contributed by atoms with van der Waals surface area (Å²) in [6.45, 7) is 0. The minimum Gasteiger partial charge on any atom is -0.388 e. The molecule has 0 fully saturated rings. The first-order chi connectivity index (χ1) is 9.40. The van der Waals surface area contributed by atoms with Crippen molar-refractivity contribution in [2.24, 2.45) is 0 Å². The topological polar surface area (TPSA) is 20.2 Å². The van der Waals surface area contributed by atoms with Gasteiger partial charge in [-0.1, -0.05) is 12.1 Å². The zero-order chi connectivity index (χ0) is 14.9. The van der Waals surface area contributed by atoms with Gasteiger partial charge in [0.25, 0.3) is 0 Å². The molecule has 0 aliphatic carbocycles. The molecule has 0 saturated heterocycles. The molecular formula is C14H9BrF4O. The van der Waals surface area contributed by atoms with Gasteiger partial charge >= 0.3 is 0 Å². The highest BCUT2D eigenvalue weighted by atomic mass is 79.9. The fourth-order valence-electron chi connectivity index (χ4n) is 1.82. The highest BCUT2D eigenvalue weighted by Crippen LogP contribution is 2.28. The van der Waals surface area contributed by atoms with Crippen LogP contribution < -0.4 is 0 Å². The third-order valence-electron chi connectivity index (χ3n) is 2.84. The summed E-state index contributed by atoms with van der Waals surface area (Å²) in [6, 6.07) is 5.16. The summed E-state index contributed by atoms with van der Waals surface area (Å²) in [5, 5.41) is 9.91. The van der Waals surface area contributed by atoms with E-state index in [0.717, 1.165) is 0 Å². The third-order valence-corrected chi connectivity index (χ3v) is 3.73. The molecule has 0 aromatic heterocycles. The molecule has 1 nitrogen and oxygen atoms in total. The van der Waals surface area contributed by atoms with Crippen molar-refractivity contribution in [2.75, 3.05) is 0 Å². The van der Waals surface area contributed by atoms with Gasteiger partial charge in [0.1, 0.15) is 11.6 Å². The second kappa shape index (κ2) is 5.93. The van der Waals surface area contributed by atoms with E-state index in [1.807, 2.05) is 0 Å². The monoisotopic (exact) mass is 348 g/mol. The van der Waals surface area contributed by atoms with Crippen molar-refractivity contribution in [2.45, 2.75) is 12.5 Å². The largest absolute Gasteiger partial charge is 0.388 e. The van der Waals surface area contributed by atoms with Crippen molar-refractivity contribution in [3.63, 3.8) is 0 Å². The number of aliphatic hydroxyl groups excluding tert-OH is 1. The van der Waals surface area contributed by atoms with Gasteiger partial charge in [0, 0.05) is 18.1 Å². The Hall–Kier alpha value is -1.40. The highest BCUT2D eigenvalue weighted by Gasteiger charge is 2.18. The number of halogens is 5. The van der Waals surface area contributed by atoms with Crippen molar-refractivity contribution in [3.05, 3.63) is 69.2 Å². The van der Waals surface area contributed by atoms with Gasteiger partial charge in [0.05, 0.1) is 10.6 Å². The van der Waals surface area contributed by atoms with Gasteiger partial charge in [0.2, 0.25) is 0 Å². The van der Waals surface area contributed by atoms with Crippen LogP contribution in [-0.2, 0) is 6.42 Å². The molecule has 1 atom stereocenters. The van der Waals surface area contributed by atoms with Crippen molar-refractivity contribution in [3.8, 4) is 0 Å². The van der Waals surface area contributed by atoms with Gasteiger partial charge in [0.15, 0.2) is 11.6 Å². The lowest BCUT2D eigenvalue weighted by molar-refractivity contribution is 0.172. The average molecular weight is 349 g/mol. The lowest BCUT2D eigenvalue weighted by Gasteiger charge is -2.14. The SMILES string of the molecule is OC(Cc1cccc(F)c1Br)c1cc(F)c(F)cc1F. The Kier molecular flexibility index (Phi) is 4.45. The fourth-order valence-corrected chi connectivity index (χ4v) is 2.24. The molecular weight excluding hydrogens is 340 g/mol. The van der Waals surface area contributed by atoms with Crippen LogP contribution in [0.2, 0.25) is 0 Å². The summed E-state index contributed by atoms with van der Waals surface area (Å²) in [4.78, 5) is 0. The number of aliphatic hydroxyl groups is 1. The first kappa shape index (κ1) is 15.0. The number of hydrogen-bond donors (Lipinski definition) is 1. The van der Waals surface area contributed by atoms with Crippen molar-refractivity contribution >= 4 is 15.9 Å². The van der Waals surface area contributed by atoms with Gasteiger partial charge in [-0.05, 0) is 33.6 Å². The maximum absolute atomic E-state index is 13.5. The predicted octanol–water partition coefficient (Wildman–Crippen LogP) is 4.28. The summed E-state index contributed by atoms with van der Waals surface area (Å²) >= 11 is 3.01. The lowest BCUT2D eigenvalue weighted by Crippen LogP contribution is -2.07. The summed E-state index contributed by atoms with van der Waals surface area (Å²) in [7, 11) is 0. The molecule has 0 saturated carbocycles. The predicted molar refractivity (Wildman–Crippen MR) is 69.1 cm³/mol. The third kappa shape index (κ3) is 3.02. The van der Waals surface area contributed by atoms with Crippen molar-refractivity contribution in [1.82, 2.24) is 0 Å². The first-order valence-corrected chi connectivity index (χ1v) is 6.45. The zero-order valence-corrected chi connectivity index (χ0v) is 11.6. The Bertz CT molecular complexity index is 645. The van der Waals surface area contributed by atoms with E-state index in [-0.39, 0.29) is 16.5 Å². The first-order valence-electron chi connectivity index (χ1n) is 5.65. The Morgan fingerprint density at radius 2 is 1.60 bits per heavy atom. The Balaban J connectivity index is 2.31. The number of rotatable bonds is 3. The minimum atomic E-state index is -1.41. The molecule has 0 heterocycles. The molecule has 6 heteroatoms. The molecule has 0 aliphatic heterocycles. The Labute approximate surface area is 121 Å². The van der Waals surface area contributed by atoms with Crippen LogP contribution >= 0.6 is 15.9 Å². The maximum Gasteiger partial charge on any atom is 0.161 e. The summed E-state index contributed by atoms with van der Waals surface area (Å²) in [6.07, 6.45) is -1.55. The van der Waals surface area contributed by atoms with Crippen LogP contribution in [0.15, 0.2) is 34.8 Å². The van der Waals surface area contributed by atoms with E-state index in [4.69, 9.17) is 0 Å². The molecule has 1 unspecified atom stereocenters. The highest BCUT2D eigenvalue weighted by molar-refractivity contribution is 9.10. The van der Waals surface area contributed by atoms with Gasteiger partial charge in [-0.2, -0.15) is 0 Å². The normalized spacial score (nSPS) is 12.5. The second-order valence-corrected chi connectivity index (χ2v) is 5.01. The molecule has 106 valence electrons. The lowest BCUT2D eigenvalue weighted by atomic mass is 10.0. The Morgan fingerprint density at radius 3 is 2.30 bits per heavy atom. The molecule has 2 rings (SSSR count). The summed E-state index contributed by atoms with van der Waals surface area (Å²) in [5.74, 6) is -4.16. The van der Waals surface area contributed by atoms with Crippen LogP contribution in [0, 0.1) is 23.3 Å². The van der Waals surface area contributed by atoms with E-state index < -0.39 is 29.4 Å². The van der Waals surface area contributed by atoms with E-state index >= 15 is 0 Å². The summed E-state index contributed by atoms with van der Waals surface area (Å²) < 4.78 is 52.9. The van der Waals surface area contributed by atoms with Crippen molar-refractivity contribution < 1.29 is 22.7 Å². The molecule has 0 radical (unpaired) electrons. The van der Waals surface area contributed by atoms with Crippen LogP contribution in [0.1, 0.15) is 17.2 Å². The van der Waals surface area contributed by atoms with E-state index in [2.05, 4.69) is 15.9 Å². The molecule has 0 aliphatic rings. The summed E-state index contributed by atoms with van der Waals surface area (Å²) in [5.41, 5.74) is 0.0155. The van der Waals surface area contributed by atoms with Crippen LogP contribution in [0.3, 0.4) is 0 Å². The van der Waals surface area contributed by atoms with Gasteiger partial charge in [-0.25, -0.2) is 17.6 Å². The van der Waals surface area contributed by atoms with E-state index in [9.17, 15) is 22.7 Å². The van der Waals surface area contributed by atoms with Crippen LogP contribution in [0.5, 0.6) is 0 Å². The molecule has 20 heavy (non-hydrogen) atoms. The maximum atomic E-state index is 13.5. The van der Waals surface area contributed by atoms with E-state index in [0.29, 0.717) is 17.7 Å². The zero-order valence-electron chi connectivity index (χ0n) is 10.0. The van der Waals surface area contributed by atoms with Gasteiger partial charge in [-0.3, -0.25) is 0 Å².